The van der Waals surface area contributed by atoms with Crippen LogP contribution in [0.15, 0.2) is 75.6 Å². The highest BCUT2D eigenvalue weighted by molar-refractivity contribution is 8.18. The Morgan fingerprint density at radius 2 is 1.75 bits per heavy atom. The molecule has 0 aliphatic carbocycles. The molecule has 3 aliphatic rings. The first kappa shape index (κ1) is 26.9. The van der Waals surface area contributed by atoms with Gasteiger partial charge in [-0.3, -0.25) is 4.79 Å². The number of piperidine rings is 1. The van der Waals surface area contributed by atoms with Crippen LogP contribution in [0.2, 0.25) is 0 Å². The van der Waals surface area contributed by atoms with Gasteiger partial charge in [0.25, 0.3) is 5.91 Å². The standard InChI is InChI=1S/C29H31N5O4S2/c1-21-10-12-33(13-11-21)40(36,37)25-9-5-6-22(18-25)27-23(20-34(31-27)24-7-3-2-4-8-24)19-26-28(35)30-29(39-26)32-14-16-38-17-15-32/h2-9,18-21H,10-17H2,1H3/b26-19-. The highest BCUT2D eigenvalue weighted by atomic mass is 32.2. The minimum atomic E-state index is -3.63. The molecule has 40 heavy (non-hydrogen) atoms. The van der Waals surface area contributed by atoms with Crippen LogP contribution in [0.4, 0.5) is 0 Å². The average molecular weight is 578 g/mol. The van der Waals surface area contributed by atoms with Gasteiger partial charge in [0, 0.05) is 43.5 Å². The van der Waals surface area contributed by atoms with E-state index in [1.165, 1.54) is 11.8 Å². The van der Waals surface area contributed by atoms with Crippen molar-refractivity contribution >= 4 is 38.9 Å². The molecular weight excluding hydrogens is 546 g/mol. The Balaban J connectivity index is 1.36. The van der Waals surface area contributed by atoms with E-state index in [0.717, 1.165) is 18.5 Å². The van der Waals surface area contributed by atoms with Gasteiger partial charge >= 0.3 is 0 Å². The minimum Gasteiger partial charge on any atom is -0.378 e. The lowest BCUT2D eigenvalue weighted by molar-refractivity contribution is -0.113. The highest BCUT2D eigenvalue weighted by Gasteiger charge is 2.30. The largest absolute Gasteiger partial charge is 0.378 e. The Morgan fingerprint density at radius 1 is 1.00 bits per heavy atom. The first-order valence-electron chi connectivity index (χ1n) is 13.5. The molecule has 1 aromatic heterocycles. The lowest BCUT2D eigenvalue weighted by Gasteiger charge is -2.29. The molecular formula is C29H31N5O4S2. The fourth-order valence-corrected chi connectivity index (χ4v) is 7.51. The molecule has 0 radical (unpaired) electrons. The van der Waals surface area contributed by atoms with Crippen molar-refractivity contribution in [2.45, 2.75) is 24.7 Å². The SMILES string of the molecule is CC1CCN(S(=O)(=O)c2cccc(-c3nn(-c4ccccc4)cc3/C=C3\SC(N4CCOCC4)=NC3=O)c2)CC1. The Labute approximate surface area is 238 Å². The first-order chi connectivity index (χ1) is 19.4. The van der Waals surface area contributed by atoms with E-state index in [0.29, 0.717) is 72.2 Å². The molecule has 2 aromatic carbocycles. The van der Waals surface area contributed by atoms with E-state index in [-0.39, 0.29) is 10.8 Å². The van der Waals surface area contributed by atoms with E-state index < -0.39 is 10.0 Å². The molecule has 11 heteroatoms. The number of aromatic nitrogens is 2. The van der Waals surface area contributed by atoms with Crippen LogP contribution in [0.25, 0.3) is 23.0 Å². The number of nitrogens with zero attached hydrogens (tertiary/aromatic N) is 5. The number of ether oxygens (including phenoxy) is 1. The third-order valence-corrected chi connectivity index (χ3v) is 10.4. The van der Waals surface area contributed by atoms with Gasteiger partial charge in [-0.1, -0.05) is 37.3 Å². The Morgan fingerprint density at radius 3 is 2.50 bits per heavy atom. The van der Waals surface area contributed by atoms with E-state index in [4.69, 9.17) is 9.84 Å². The molecule has 9 nitrogen and oxygen atoms in total. The molecule has 0 atom stereocenters. The van der Waals surface area contributed by atoms with Crippen molar-refractivity contribution in [2.24, 2.45) is 10.9 Å². The van der Waals surface area contributed by atoms with Crippen LogP contribution in [0, 0.1) is 5.92 Å². The summed E-state index contributed by atoms with van der Waals surface area (Å²) in [6.45, 7) is 5.82. The van der Waals surface area contributed by atoms with Crippen LogP contribution in [0.3, 0.4) is 0 Å². The second-order valence-corrected chi connectivity index (χ2v) is 13.2. The molecule has 0 bridgehead atoms. The third kappa shape index (κ3) is 5.51. The monoisotopic (exact) mass is 577 g/mol. The summed E-state index contributed by atoms with van der Waals surface area (Å²) in [5, 5.41) is 5.53. The van der Waals surface area contributed by atoms with Gasteiger partial charge in [0.2, 0.25) is 10.0 Å². The summed E-state index contributed by atoms with van der Waals surface area (Å²) in [6, 6.07) is 16.6. The fourth-order valence-electron chi connectivity index (χ4n) is 5.04. The second-order valence-electron chi connectivity index (χ2n) is 10.2. The topological polar surface area (TPSA) is 97.1 Å². The van der Waals surface area contributed by atoms with Gasteiger partial charge in [0.1, 0.15) is 5.69 Å². The number of morpholine rings is 1. The predicted octanol–water partition coefficient (Wildman–Crippen LogP) is 4.26. The van der Waals surface area contributed by atoms with Gasteiger partial charge in [-0.25, -0.2) is 13.1 Å². The number of carbonyl (C=O) groups is 1. The predicted molar refractivity (Wildman–Crippen MR) is 157 cm³/mol. The maximum absolute atomic E-state index is 13.5. The molecule has 0 unspecified atom stereocenters. The van der Waals surface area contributed by atoms with Crippen molar-refractivity contribution in [1.82, 2.24) is 19.0 Å². The van der Waals surface area contributed by atoms with Crippen molar-refractivity contribution in [3.05, 3.63) is 71.3 Å². The van der Waals surface area contributed by atoms with Crippen molar-refractivity contribution < 1.29 is 17.9 Å². The summed E-state index contributed by atoms with van der Waals surface area (Å²) < 4.78 is 35.8. The summed E-state index contributed by atoms with van der Waals surface area (Å²) in [5.74, 6) is 0.236. The normalized spacial score (nSPS) is 20.3. The number of sulfonamides is 1. The number of thioether (sulfide) groups is 1. The molecule has 6 rings (SSSR count). The number of amides is 1. The number of rotatable bonds is 5. The number of benzene rings is 2. The number of amidine groups is 1. The van der Waals surface area contributed by atoms with Crippen LogP contribution in [-0.4, -0.2) is 77.9 Å². The van der Waals surface area contributed by atoms with E-state index >= 15 is 0 Å². The van der Waals surface area contributed by atoms with Gasteiger partial charge in [0.15, 0.2) is 5.17 Å². The summed E-state index contributed by atoms with van der Waals surface area (Å²) in [7, 11) is -3.63. The molecule has 0 saturated carbocycles. The summed E-state index contributed by atoms with van der Waals surface area (Å²) >= 11 is 1.35. The zero-order valence-corrected chi connectivity index (χ0v) is 23.9. The number of aliphatic imine (C=N–C) groups is 1. The minimum absolute atomic E-state index is 0.247. The molecule has 208 valence electrons. The molecule has 0 N–H and O–H groups in total. The highest BCUT2D eigenvalue weighted by Crippen LogP contribution is 2.34. The molecule has 2 saturated heterocycles. The number of hydrogen-bond donors (Lipinski definition) is 0. The molecule has 3 aliphatic heterocycles. The lowest BCUT2D eigenvalue weighted by Crippen LogP contribution is -2.38. The van der Waals surface area contributed by atoms with Crippen LogP contribution < -0.4 is 0 Å². The van der Waals surface area contributed by atoms with Crippen molar-refractivity contribution in [2.75, 3.05) is 39.4 Å². The Hall–Kier alpha value is -3.25. The van der Waals surface area contributed by atoms with Crippen LogP contribution in [0.5, 0.6) is 0 Å². The average Bonchev–Trinajstić information content (AvgIpc) is 3.58. The van der Waals surface area contributed by atoms with Gasteiger partial charge in [-0.2, -0.15) is 14.4 Å². The molecule has 1 amide bonds. The van der Waals surface area contributed by atoms with Crippen molar-refractivity contribution in [3.8, 4) is 16.9 Å². The fraction of sp³-hybridized carbons (Fsp3) is 0.345. The lowest BCUT2D eigenvalue weighted by atomic mass is 10.0. The van der Waals surface area contributed by atoms with Gasteiger partial charge in [0.05, 0.1) is 28.7 Å². The number of hydrogen-bond acceptors (Lipinski definition) is 7. The Kier molecular flexibility index (Phi) is 7.63. The number of para-hydroxylation sites is 1. The molecule has 4 heterocycles. The maximum Gasteiger partial charge on any atom is 0.286 e. The van der Waals surface area contributed by atoms with E-state index in [1.807, 2.05) is 42.6 Å². The quantitative estimate of drug-likeness (QED) is 0.418. The van der Waals surface area contributed by atoms with Crippen molar-refractivity contribution in [3.63, 3.8) is 0 Å². The van der Waals surface area contributed by atoms with Gasteiger partial charge in [-0.05, 0) is 60.9 Å². The number of carbonyl (C=O) groups excluding carboxylic acids is 1. The van der Waals surface area contributed by atoms with E-state index in [1.54, 1.807) is 33.3 Å². The summed E-state index contributed by atoms with van der Waals surface area (Å²) in [5.41, 5.74) is 2.82. The third-order valence-electron chi connectivity index (χ3n) is 7.43. The van der Waals surface area contributed by atoms with Gasteiger partial charge < -0.3 is 9.64 Å². The Bertz CT molecular complexity index is 1570. The zero-order chi connectivity index (χ0) is 27.7. The second kappa shape index (κ2) is 11.3. The molecule has 0 spiro atoms. The van der Waals surface area contributed by atoms with Crippen molar-refractivity contribution in [1.29, 1.82) is 0 Å². The van der Waals surface area contributed by atoms with E-state index in [2.05, 4.69) is 16.8 Å². The first-order valence-corrected chi connectivity index (χ1v) is 15.7. The smallest absolute Gasteiger partial charge is 0.286 e. The van der Waals surface area contributed by atoms with Gasteiger partial charge in [-0.15, -0.1) is 0 Å². The van der Waals surface area contributed by atoms with Crippen LogP contribution in [0.1, 0.15) is 25.3 Å². The molecule has 2 fully saturated rings. The van der Waals surface area contributed by atoms with Crippen LogP contribution >= 0.6 is 11.8 Å². The maximum atomic E-state index is 13.5. The molecule has 3 aromatic rings. The summed E-state index contributed by atoms with van der Waals surface area (Å²) in [6.07, 6.45) is 5.39. The summed E-state index contributed by atoms with van der Waals surface area (Å²) in [4.78, 5) is 20.0. The zero-order valence-electron chi connectivity index (χ0n) is 22.3. The van der Waals surface area contributed by atoms with Crippen LogP contribution in [-0.2, 0) is 19.6 Å². The van der Waals surface area contributed by atoms with E-state index in [9.17, 15) is 13.2 Å².